The molecular weight excluding hydrogens is 386 g/mol. The molecule has 2 aromatic rings. The summed E-state index contributed by atoms with van der Waals surface area (Å²) in [5.41, 5.74) is 0.892. The lowest BCUT2D eigenvalue weighted by Gasteiger charge is -2.42. The van der Waals surface area contributed by atoms with Crippen molar-refractivity contribution in [2.24, 2.45) is 17.8 Å². The first kappa shape index (κ1) is 20.1. The Balaban J connectivity index is 1.55. The van der Waals surface area contributed by atoms with Gasteiger partial charge in [0.15, 0.2) is 5.13 Å². The molecule has 1 saturated heterocycles. The molecule has 1 saturated carbocycles. The lowest BCUT2D eigenvalue weighted by Crippen LogP contribution is -2.44. The predicted molar refractivity (Wildman–Crippen MR) is 115 cm³/mol. The highest BCUT2D eigenvalue weighted by Crippen LogP contribution is 2.38. The monoisotopic (exact) mass is 415 g/mol. The summed E-state index contributed by atoms with van der Waals surface area (Å²) < 4.78 is 0. The summed E-state index contributed by atoms with van der Waals surface area (Å²) in [6, 6.07) is 1.92. The lowest BCUT2D eigenvalue weighted by molar-refractivity contribution is -0.138. The van der Waals surface area contributed by atoms with Crippen molar-refractivity contribution >= 4 is 34.2 Å². The highest BCUT2D eigenvalue weighted by Gasteiger charge is 2.34. The Morgan fingerprint density at radius 1 is 1.24 bits per heavy atom. The number of aromatic nitrogens is 3. The number of piperidine rings is 1. The molecule has 29 heavy (non-hydrogen) atoms. The third-order valence-electron chi connectivity index (χ3n) is 6.14. The molecular formula is C21H29N5O2S. The van der Waals surface area contributed by atoms with Crippen LogP contribution in [0.4, 0.5) is 16.9 Å². The minimum atomic E-state index is -0.712. The summed E-state index contributed by atoms with van der Waals surface area (Å²) in [6.07, 6.45) is 9.45. The molecule has 0 bridgehead atoms. The van der Waals surface area contributed by atoms with E-state index >= 15 is 0 Å². The largest absolute Gasteiger partial charge is 0.481 e. The lowest BCUT2D eigenvalue weighted by atomic mass is 9.73. The Labute approximate surface area is 175 Å². The zero-order valence-corrected chi connectivity index (χ0v) is 17.7. The van der Waals surface area contributed by atoms with E-state index in [0.29, 0.717) is 24.3 Å². The number of thiazole rings is 1. The summed E-state index contributed by atoms with van der Waals surface area (Å²) >= 11 is 1.53. The van der Waals surface area contributed by atoms with Crippen molar-refractivity contribution in [1.82, 2.24) is 15.0 Å². The maximum atomic E-state index is 11.4. The van der Waals surface area contributed by atoms with Gasteiger partial charge in [0.05, 0.1) is 0 Å². The van der Waals surface area contributed by atoms with E-state index in [-0.39, 0.29) is 12.3 Å². The predicted octanol–water partition coefficient (Wildman–Crippen LogP) is 4.48. The number of anilines is 3. The molecule has 1 aliphatic carbocycles. The van der Waals surface area contributed by atoms with Crippen LogP contribution in [-0.4, -0.2) is 39.1 Å². The van der Waals surface area contributed by atoms with Gasteiger partial charge in [-0.25, -0.2) is 9.97 Å². The second-order valence-electron chi connectivity index (χ2n) is 8.42. The van der Waals surface area contributed by atoms with Crippen molar-refractivity contribution in [2.75, 3.05) is 23.3 Å². The van der Waals surface area contributed by atoms with E-state index in [2.05, 4.69) is 15.2 Å². The zero-order valence-electron chi connectivity index (χ0n) is 16.9. The normalized spacial score (nSPS) is 23.1. The highest BCUT2D eigenvalue weighted by molar-refractivity contribution is 7.13. The van der Waals surface area contributed by atoms with Crippen LogP contribution in [0.3, 0.4) is 0 Å². The third kappa shape index (κ3) is 5.23. The van der Waals surface area contributed by atoms with Crippen molar-refractivity contribution < 1.29 is 9.90 Å². The van der Waals surface area contributed by atoms with Crippen LogP contribution in [-0.2, 0) is 4.79 Å². The molecule has 0 amide bonds. The minimum Gasteiger partial charge on any atom is -0.481 e. The molecule has 4 rings (SSSR count). The van der Waals surface area contributed by atoms with Crippen LogP contribution >= 0.6 is 11.3 Å². The van der Waals surface area contributed by atoms with Crippen LogP contribution in [0, 0.1) is 24.7 Å². The van der Waals surface area contributed by atoms with E-state index < -0.39 is 5.97 Å². The second-order valence-corrected chi connectivity index (χ2v) is 9.31. The maximum Gasteiger partial charge on any atom is 0.303 e. The second kappa shape index (κ2) is 9.07. The van der Waals surface area contributed by atoms with Gasteiger partial charge in [-0.1, -0.05) is 32.1 Å². The summed E-state index contributed by atoms with van der Waals surface area (Å²) in [4.78, 5) is 27.3. The van der Waals surface area contributed by atoms with Gasteiger partial charge in [-0.15, -0.1) is 11.3 Å². The molecule has 0 radical (unpaired) electrons. The standard InChI is InChI=1S/C21H29N5O2S/c1-14-9-18(25-21-22-7-8-29-21)24-20(23-14)26-12-15(11-19(27)28)10-17(13-26)16-5-3-2-4-6-16/h7-9,15-17H,2-6,10-13H2,1H3,(H,27,28)(H,22,23,24,25)/t15-,17-/m1/s1. The Kier molecular flexibility index (Phi) is 6.28. The molecule has 0 spiro atoms. The minimum absolute atomic E-state index is 0.146. The Bertz CT molecular complexity index is 822. The average molecular weight is 416 g/mol. The van der Waals surface area contributed by atoms with E-state index in [9.17, 15) is 9.90 Å². The number of aliphatic carboxylic acids is 1. The molecule has 2 aliphatic rings. The van der Waals surface area contributed by atoms with Gasteiger partial charge in [0.2, 0.25) is 5.95 Å². The molecule has 2 aromatic heterocycles. The first-order valence-electron chi connectivity index (χ1n) is 10.6. The number of hydrogen-bond donors (Lipinski definition) is 2. The third-order valence-corrected chi connectivity index (χ3v) is 6.83. The van der Waals surface area contributed by atoms with Gasteiger partial charge in [0, 0.05) is 42.8 Å². The number of carboxylic acid groups (broad SMARTS) is 1. The number of nitrogens with zero attached hydrogens (tertiary/aromatic N) is 4. The summed E-state index contributed by atoms with van der Waals surface area (Å²) in [5.74, 6) is 2.08. The quantitative estimate of drug-likeness (QED) is 0.718. The van der Waals surface area contributed by atoms with Crippen LogP contribution in [0.2, 0.25) is 0 Å². The van der Waals surface area contributed by atoms with Crippen molar-refractivity contribution in [3.63, 3.8) is 0 Å². The van der Waals surface area contributed by atoms with Crippen LogP contribution in [0.25, 0.3) is 0 Å². The van der Waals surface area contributed by atoms with Gasteiger partial charge >= 0.3 is 5.97 Å². The highest BCUT2D eigenvalue weighted by atomic mass is 32.1. The number of nitrogens with one attached hydrogen (secondary N) is 1. The van der Waals surface area contributed by atoms with E-state index in [0.717, 1.165) is 29.6 Å². The Morgan fingerprint density at radius 2 is 2.07 bits per heavy atom. The fraction of sp³-hybridized carbons (Fsp3) is 0.619. The van der Waals surface area contributed by atoms with Gasteiger partial charge in [-0.05, 0) is 31.1 Å². The number of rotatable bonds is 6. The fourth-order valence-corrected chi connectivity index (χ4v) is 5.44. The Morgan fingerprint density at radius 3 is 2.79 bits per heavy atom. The molecule has 2 N–H and O–H groups in total. The average Bonchev–Trinajstić information content (AvgIpc) is 3.20. The fourth-order valence-electron chi connectivity index (χ4n) is 4.90. The van der Waals surface area contributed by atoms with E-state index in [1.54, 1.807) is 6.20 Å². The van der Waals surface area contributed by atoms with Gasteiger partial charge in [0.1, 0.15) is 5.82 Å². The molecule has 2 fully saturated rings. The van der Waals surface area contributed by atoms with E-state index in [4.69, 9.17) is 9.97 Å². The van der Waals surface area contributed by atoms with Gasteiger partial charge < -0.3 is 15.3 Å². The number of aryl methyl sites for hydroxylation is 1. The first-order chi connectivity index (χ1) is 14.1. The van der Waals surface area contributed by atoms with Crippen LogP contribution in [0.5, 0.6) is 0 Å². The molecule has 2 atom stereocenters. The van der Waals surface area contributed by atoms with Crippen molar-refractivity contribution in [1.29, 1.82) is 0 Å². The molecule has 8 heteroatoms. The van der Waals surface area contributed by atoms with E-state index in [1.807, 2.05) is 18.4 Å². The Hall–Kier alpha value is -2.22. The number of carbonyl (C=O) groups is 1. The molecule has 156 valence electrons. The molecule has 3 heterocycles. The first-order valence-corrected chi connectivity index (χ1v) is 11.4. The van der Waals surface area contributed by atoms with Gasteiger partial charge in [-0.3, -0.25) is 4.79 Å². The van der Waals surface area contributed by atoms with Crippen molar-refractivity contribution in [3.05, 3.63) is 23.3 Å². The van der Waals surface area contributed by atoms with Crippen molar-refractivity contribution in [3.8, 4) is 0 Å². The zero-order chi connectivity index (χ0) is 20.2. The molecule has 7 nitrogen and oxygen atoms in total. The SMILES string of the molecule is Cc1cc(Nc2nccs2)nc(N2C[C@@H](CC(=O)O)C[C@@H](C3CCCCC3)C2)n1. The summed E-state index contributed by atoms with van der Waals surface area (Å²) in [6.45, 7) is 3.59. The summed E-state index contributed by atoms with van der Waals surface area (Å²) in [5, 5.41) is 15.4. The molecule has 0 unspecified atom stereocenters. The van der Waals surface area contributed by atoms with Gasteiger partial charge in [-0.2, -0.15) is 4.98 Å². The van der Waals surface area contributed by atoms with Crippen LogP contribution in [0.1, 0.15) is 50.6 Å². The number of carboxylic acids is 1. The van der Waals surface area contributed by atoms with Gasteiger partial charge in [0.25, 0.3) is 0 Å². The maximum absolute atomic E-state index is 11.4. The van der Waals surface area contributed by atoms with Crippen LogP contribution < -0.4 is 10.2 Å². The topological polar surface area (TPSA) is 91.2 Å². The smallest absolute Gasteiger partial charge is 0.303 e. The summed E-state index contributed by atoms with van der Waals surface area (Å²) in [7, 11) is 0. The van der Waals surface area contributed by atoms with E-state index in [1.165, 1.54) is 43.4 Å². The molecule has 1 aliphatic heterocycles. The number of hydrogen-bond acceptors (Lipinski definition) is 7. The van der Waals surface area contributed by atoms with Crippen molar-refractivity contribution in [2.45, 2.75) is 51.9 Å². The molecule has 0 aromatic carbocycles. The van der Waals surface area contributed by atoms with Crippen LogP contribution in [0.15, 0.2) is 17.6 Å².